The zero-order chi connectivity index (χ0) is 18.7. The van der Waals surface area contributed by atoms with E-state index in [-0.39, 0.29) is 11.7 Å². The van der Waals surface area contributed by atoms with E-state index in [0.717, 1.165) is 10.2 Å². The Morgan fingerprint density at radius 1 is 1.42 bits per heavy atom. The molecule has 10 heteroatoms. The summed E-state index contributed by atoms with van der Waals surface area (Å²) in [6, 6.07) is 5.01. The van der Waals surface area contributed by atoms with Gasteiger partial charge in [-0.05, 0) is 56.1 Å². The lowest BCUT2D eigenvalue weighted by atomic mass is 10.3. The Kier molecular flexibility index (Phi) is 5.64. The zero-order valence-electron chi connectivity index (χ0n) is 13.5. The van der Waals surface area contributed by atoms with Crippen LogP contribution in [0.1, 0.15) is 10.5 Å². The Morgan fingerprint density at radius 3 is 2.92 bits per heavy atom. The van der Waals surface area contributed by atoms with Crippen LogP contribution < -0.4 is 26.3 Å². The first-order valence-corrected chi connectivity index (χ1v) is 9.25. The predicted octanol–water partition coefficient (Wildman–Crippen LogP) is 1.08. The van der Waals surface area contributed by atoms with E-state index in [1.54, 1.807) is 41.2 Å². The molecule has 0 bridgehead atoms. The number of hydrogen-bond acceptors (Lipinski definition) is 5. The minimum absolute atomic E-state index is 0.140. The molecule has 3 rings (SSSR count). The van der Waals surface area contributed by atoms with Crippen LogP contribution in [0.4, 0.5) is 0 Å². The van der Waals surface area contributed by atoms with Gasteiger partial charge in [-0.25, -0.2) is 9.88 Å². The molecule has 26 heavy (non-hydrogen) atoms. The number of aromatic amines is 1. The fraction of sp³-hybridized carbons (Fsp3) is 0.125. The van der Waals surface area contributed by atoms with Crippen molar-refractivity contribution < 1.29 is 14.5 Å². The number of aromatic nitrogens is 2. The van der Waals surface area contributed by atoms with E-state index >= 15 is 0 Å². The quantitative estimate of drug-likeness (QED) is 0.355. The van der Waals surface area contributed by atoms with Crippen molar-refractivity contribution in [1.82, 2.24) is 20.9 Å². The van der Waals surface area contributed by atoms with Crippen molar-refractivity contribution in [2.24, 2.45) is 5.73 Å². The van der Waals surface area contributed by atoms with E-state index in [1.165, 1.54) is 0 Å². The van der Waals surface area contributed by atoms with Gasteiger partial charge in [0.25, 0.3) is 5.91 Å². The molecular weight excluding hydrogens is 468 g/mol. The summed E-state index contributed by atoms with van der Waals surface area (Å²) < 4.78 is 3.22. The molecule has 0 aromatic carbocycles. The SMILES string of the molecule is NC1NC(/C=C/CNC(=O)c2cc(Br)c(Br)[nH]2)=C([n+]2cccc(O)c2)N1. The lowest BCUT2D eigenvalue weighted by Gasteiger charge is -2.01. The summed E-state index contributed by atoms with van der Waals surface area (Å²) in [5, 5.41) is 18.6. The molecule has 8 nitrogen and oxygen atoms in total. The molecule has 1 amide bonds. The number of halogens is 2. The van der Waals surface area contributed by atoms with Crippen LogP contribution in [0.25, 0.3) is 5.82 Å². The second kappa shape index (κ2) is 7.94. The topological polar surface area (TPSA) is 119 Å². The van der Waals surface area contributed by atoms with Crippen LogP contribution >= 0.6 is 31.9 Å². The number of aromatic hydroxyl groups is 1. The molecule has 0 saturated carbocycles. The second-order valence-electron chi connectivity index (χ2n) is 5.46. The number of pyridine rings is 1. The molecule has 0 radical (unpaired) electrons. The van der Waals surface area contributed by atoms with E-state index in [9.17, 15) is 9.90 Å². The number of nitrogens with two attached hydrogens (primary N) is 1. The maximum atomic E-state index is 12.1. The van der Waals surface area contributed by atoms with Crippen LogP contribution in [0.3, 0.4) is 0 Å². The zero-order valence-corrected chi connectivity index (χ0v) is 16.6. The molecule has 0 spiro atoms. The molecule has 1 aliphatic rings. The molecule has 2 aromatic heterocycles. The van der Waals surface area contributed by atoms with Gasteiger partial charge in [-0.1, -0.05) is 6.08 Å². The fourth-order valence-electron chi connectivity index (χ4n) is 2.39. The third kappa shape index (κ3) is 4.26. The van der Waals surface area contributed by atoms with Crippen LogP contribution in [-0.4, -0.2) is 28.8 Å². The van der Waals surface area contributed by atoms with Gasteiger partial charge in [0.05, 0.1) is 15.3 Å². The van der Waals surface area contributed by atoms with Crippen LogP contribution in [0.5, 0.6) is 5.75 Å². The summed E-state index contributed by atoms with van der Waals surface area (Å²) in [7, 11) is 0. The van der Waals surface area contributed by atoms with E-state index < -0.39 is 6.29 Å². The largest absolute Gasteiger partial charge is 0.504 e. The van der Waals surface area contributed by atoms with Crippen molar-refractivity contribution in [2.75, 3.05) is 6.54 Å². The predicted molar refractivity (Wildman–Crippen MR) is 103 cm³/mol. The summed E-state index contributed by atoms with van der Waals surface area (Å²) in [6.07, 6.45) is 6.53. The highest BCUT2D eigenvalue weighted by Crippen LogP contribution is 2.22. The average Bonchev–Trinajstić information content (AvgIpc) is 3.14. The van der Waals surface area contributed by atoms with Gasteiger partial charge >= 0.3 is 5.82 Å². The van der Waals surface area contributed by atoms with Crippen molar-refractivity contribution in [3.05, 3.63) is 63.2 Å². The van der Waals surface area contributed by atoms with Crippen molar-refractivity contribution in [2.45, 2.75) is 6.29 Å². The van der Waals surface area contributed by atoms with Gasteiger partial charge in [0.2, 0.25) is 6.29 Å². The monoisotopic (exact) mass is 483 g/mol. The van der Waals surface area contributed by atoms with E-state index in [0.29, 0.717) is 22.7 Å². The molecule has 136 valence electrons. The number of amides is 1. The normalized spacial score (nSPS) is 16.7. The van der Waals surface area contributed by atoms with Gasteiger partial charge in [-0.3, -0.25) is 10.5 Å². The number of rotatable bonds is 5. The number of hydrogen-bond donors (Lipinski definition) is 6. The molecule has 0 saturated heterocycles. The first-order valence-electron chi connectivity index (χ1n) is 7.66. The lowest BCUT2D eigenvalue weighted by Crippen LogP contribution is -2.45. The van der Waals surface area contributed by atoms with Gasteiger partial charge < -0.3 is 20.7 Å². The minimum atomic E-state index is -0.442. The standard InChI is InChI=1S/C16H16Br2N6O2/c17-10-7-12(21-13(10)18)15(26)20-5-1-4-11-14(23-16(19)22-11)24-6-2-3-9(25)8-24/h1-4,6-8,16,22-23H,5,19H2,(H2-,20,21,25,26)/p+1/b4-1+. The van der Waals surface area contributed by atoms with Gasteiger partial charge in [0.15, 0.2) is 5.75 Å². The van der Waals surface area contributed by atoms with Crippen LogP contribution in [0.15, 0.2) is 57.5 Å². The minimum Gasteiger partial charge on any atom is -0.504 e. The van der Waals surface area contributed by atoms with Gasteiger partial charge in [0, 0.05) is 6.54 Å². The summed E-state index contributed by atoms with van der Waals surface area (Å²) in [4.78, 5) is 15.0. The third-order valence-corrected chi connectivity index (χ3v) is 5.32. The fourth-order valence-corrected chi connectivity index (χ4v) is 3.05. The number of nitrogens with zero attached hydrogens (tertiary/aromatic N) is 1. The molecule has 0 fully saturated rings. The van der Waals surface area contributed by atoms with E-state index in [4.69, 9.17) is 5.73 Å². The summed E-state index contributed by atoms with van der Waals surface area (Å²) in [5.41, 5.74) is 7.08. The first kappa shape index (κ1) is 18.5. The molecule has 7 N–H and O–H groups in total. The molecule has 1 atom stereocenters. The van der Waals surface area contributed by atoms with Crippen LogP contribution in [-0.2, 0) is 0 Å². The first-order chi connectivity index (χ1) is 12.4. The molecular formula is C16H17Br2N6O2+. The van der Waals surface area contributed by atoms with Crippen molar-refractivity contribution >= 4 is 43.6 Å². The van der Waals surface area contributed by atoms with E-state index in [2.05, 4.69) is 52.8 Å². The highest BCUT2D eigenvalue weighted by Gasteiger charge is 2.26. The number of allylic oxidation sites excluding steroid dienone is 1. The molecule has 2 aromatic rings. The van der Waals surface area contributed by atoms with Gasteiger partial charge in [-0.2, -0.15) is 0 Å². The Labute approximate surface area is 166 Å². The Hall–Kier alpha value is -2.30. The maximum absolute atomic E-state index is 12.1. The highest BCUT2D eigenvalue weighted by atomic mass is 79.9. The van der Waals surface area contributed by atoms with Crippen LogP contribution in [0.2, 0.25) is 0 Å². The van der Waals surface area contributed by atoms with E-state index in [1.807, 2.05) is 6.08 Å². The number of carbonyl (C=O) groups excluding carboxylic acids is 1. The molecule has 3 heterocycles. The molecule has 1 aliphatic heterocycles. The third-order valence-electron chi connectivity index (χ3n) is 3.54. The van der Waals surface area contributed by atoms with Crippen LogP contribution in [0, 0.1) is 0 Å². The number of carbonyl (C=O) groups is 1. The number of nitrogens with one attached hydrogen (secondary N) is 4. The molecule has 1 unspecified atom stereocenters. The molecule has 0 aliphatic carbocycles. The lowest BCUT2D eigenvalue weighted by molar-refractivity contribution is -0.586. The van der Waals surface area contributed by atoms with Gasteiger partial charge in [-0.15, -0.1) is 0 Å². The van der Waals surface area contributed by atoms with Crippen molar-refractivity contribution in [3.8, 4) is 5.75 Å². The Bertz CT molecular complexity index is 873. The van der Waals surface area contributed by atoms with Crippen molar-refractivity contribution in [3.63, 3.8) is 0 Å². The Balaban J connectivity index is 1.66. The van der Waals surface area contributed by atoms with Gasteiger partial charge in [0.1, 0.15) is 17.6 Å². The maximum Gasteiger partial charge on any atom is 0.305 e. The second-order valence-corrected chi connectivity index (χ2v) is 7.10. The smallest absolute Gasteiger partial charge is 0.305 e. The summed E-state index contributed by atoms with van der Waals surface area (Å²) in [6.45, 7) is 0.339. The number of H-pyrrole nitrogens is 1. The Morgan fingerprint density at radius 2 is 2.23 bits per heavy atom. The highest BCUT2D eigenvalue weighted by molar-refractivity contribution is 9.13. The summed E-state index contributed by atoms with van der Waals surface area (Å²) >= 11 is 6.63. The summed E-state index contributed by atoms with van der Waals surface area (Å²) in [5.74, 6) is 0.626. The average molecular weight is 485 g/mol. The van der Waals surface area contributed by atoms with Crippen molar-refractivity contribution in [1.29, 1.82) is 0 Å².